The summed E-state index contributed by atoms with van der Waals surface area (Å²) in [5, 5.41) is 3.49. The van der Waals surface area contributed by atoms with Gasteiger partial charge >= 0.3 is 0 Å². The Morgan fingerprint density at radius 1 is 1.24 bits per heavy atom. The van der Waals surface area contributed by atoms with Gasteiger partial charge in [0.1, 0.15) is 11.6 Å². The molecule has 0 amide bonds. The molecule has 1 fully saturated rings. The normalized spacial score (nSPS) is 19.4. The molecule has 0 aliphatic carbocycles. The highest BCUT2D eigenvalue weighted by atomic mass is 15.2. The molecule has 3 rings (SSSR count). The number of hydrogen-bond donors (Lipinski definition) is 2. The molecule has 1 atom stereocenters. The Morgan fingerprint density at radius 3 is 2.81 bits per heavy atom. The third-order valence-electron chi connectivity index (χ3n) is 3.75. The minimum Gasteiger partial charge on any atom is -0.384 e. The summed E-state index contributed by atoms with van der Waals surface area (Å²) in [4.78, 5) is 11.3. The Balaban J connectivity index is 1.81. The lowest BCUT2D eigenvalue weighted by atomic mass is 10.1. The zero-order valence-corrected chi connectivity index (χ0v) is 12.3. The van der Waals surface area contributed by atoms with E-state index in [4.69, 9.17) is 5.73 Å². The van der Waals surface area contributed by atoms with Crippen LogP contribution in [0.3, 0.4) is 0 Å². The molecule has 1 aromatic carbocycles. The fourth-order valence-corrected chi connectivity index (χ4v) is 2.75. The van der Waals surface area contributed by atoms with Crippen LogP contribution in [-0.4, -0.2) is 41.0 Å². The molecule has 0 saturated carbocycles. The van der Waals surface area contributed by atoms with E-state index in [1.54, 1.807) is 6.07 Å². The largest absolute Gasteiger partial charge is 0.384 e. The molecule has 1 unspecified atom stereocenters. The van der Waals surface area contributed by atoms with E-state index in [-0.39, 0.29) is 0 Å². The van der Waals surface area contributed by atoms with Crippen LogP contribution in [0.25, 0.3) is 11.4 Å². The highest BCUT2D eigenvalue weighted by Gasteiger charge is 2.17. The van der Waals surface area contributed by atoms with Crippen LogP contribution >= 0.6 is 0 Å². The maximum absolute atomic E-state index is 5.93. The molecule has 110 valence electrons. The second-order valence-corrected chi connectivity index (χ2v) is 5.61. The highest BCUT2D eigenvalue weighted by molar-refractivity contribution is 5.60. The number of anilines is 2. The van der Waals surface area contributed by atoms with Gasteiger partial charge in [-0.05, 0) is 26.4 Å². The first-order valence-electron chi connectivity index (χ1n) is 7.36. The van der Waals surface area contributed by atoms with Gasteiger partial charge in [0.15, 0.2) is 5.82 Å². The summed E-state index contributed by atoms with van der Waals surface area (Å²) in [6, 6.07) is 12.1. The zero-order valence-electron chi connectivity index (χ0n) is 12.3. The molecule has 1 aromatic heterocycles. The van der Waals surface area contributed by atoms with Gasteiger partial charge in [-0.25, -0.2) is 9.97 Å². The molecule has 5 nitrogen and oxygen atoms in total. The van der Waals surface area contributed by atoms with E-state index in [2.05, 4.69) is 27.2 Å². The van der Waals surface area contributed by atoms with Crippen molar-refractivity contribution in [3.8, 4) is 11.4 Å². The number of piperidine rings is 1. The summed E-state index contributed by atoms with van der Waals surface area (Å²) in [6.07, 6.45) is 2.37. The summed E-state index contributed by atoms with van der Waals surface area (Å²) in [5.74, 6) is 1.97. The van der Waals surface area contributed by atoms with Crippen molar-refractivity contribution in [2.75, 3.05) is 31.2 Å². The van der Waals surface area contributed by atoms with Crippen molar-refractivity contribution >= 4 is 11.6 Å². The molecule has 0 spiro atoms. The van der Waals surface area contributed by atoms with Gasteiger partial charge in [0.05, 0.1) is 0 Å². The quantitative estimate of drug-likeness (QED) is 0.904. The summed E-state index contributed by atoms with van der Waals surface area (Å²) < 4.78 is 0. The van der Waals surface area contributed by atoms with Crippen LogP contribution in [-0.2, 0) is 0 Å². The maximum atomic E-state index is 5.93. The van der Waals surface area contributed by atoms with Crippen LogP contribution in [0, 0.1) is 0 Å². The molecule has 1 aliphatic heterocycles. The Kier molecular flexibility index (Phi) is 4.01. The van der Waals surface area contributed by atoms with E-state index in [9.17, 15) is 0 Å². The SMILES string of the molecule is CN1CCCC(Nc2cc(N)nc(-c3ccccc3)n2)C1. The van der Waals surface area contributed by atoms with E-state index in [0.29, 0.717) is 17.7 Å². The Hall–Kier alpha value is -2.14. The molecule has 2 aromatic rings. The lowest BCUT2D eigenvalue weighted by Gasteiger charge is -2.30. The van der Waals surface area contributed by atoms with E-state index in [0.717, 1.165) is 24.3 Å². The second kappa shape index (κ2) is 6.10. The predicted octanol–water partition coefficient (Wildman–Crippen LogP) is 2.23. The number of nitrogens with two attached hydrogens (primary N) is 1. The molecule has 2 heterocycles. The number of rotatable bonds is 3. The molecule has 5 heteroatoms. The lowest BCUT2D eigenvalue weighted by Crippen LogP contribution is -2.39. The van der Waals surface area contributed by atoms with Gasteiger partial charge in [-0.3, -0.25) is 0 Å². The van der Waals surface area contributed by atoms with Gasteiger partial charge in [-0.15, -0.1) is 0 Å². The van der Waals surface area contributed by atoms with Gasteiger partial charge in [-0.2, -0.15) is 0 Å². The fraction of sp³-hybridized carbons (Fsp3) is 0.375. The van der Waals surface area contributed by atoms with Gasteiger partial charge in [-0.1, -0.05) is 30.3 Å². The van der Waals surface area contributed by atoms with Gasteiger partial charge < -0.3 is 16.0 Å². The molecular formula is C16H21N5. The van der Waals surface area contributed by atoms with Crippen molar-refractivity contribution in [1.29, 1.82) is 0 Å². The topological polar surface area (TPSA) is 67.1 Å². The number of hydrogen-bond acceptors (Lipinski definition) is 5. The molecule has 3 N–H and O–H groups in total. The fourth-order valence-electron chi connectivity index (χ4n) is 2.75. The summed E-state index contributed by atoms with van der Waals surface area (Å²) in [6.45, 7) is 2.20. The van der Waals surface area contributed by atoms with Crippen LogP contribution in [0.2, 0.25) is 0 Å². The molecule has 0 radical (unpaired) electrons. The summed E-state index contributed by atoms with van der Waals surface area (Å²) in [5.41, 5.74) is 6.91. The number of nitrogens with one attached hydrogen (secondary N) is 1. The predicted molar refractivity (Wildman–Crippen MR) is 86.0 cm³/mol. The van der Waals surface area contributed by atoms with Crippen LogP contribution in [0.1, 0.15) is 12.8 Å². The van der Waals surface area contributed by atoms with Crippen LogP contribution in [0.15, 0.2) is 36.4 Å². The third kappa shape index (κ3) is 3.49. The van der Waals surface area contributed by atoms with Crippen molar-refractivity contribution in [2.24, 2.45) is 0 Å². The Morgan fingerprint density at radius 2 is 2.05 bits per heavy atom. The zero-order chi connectivity index (χ0) is 14.7. The van der Waals surface area contributed by atoms with Crippen LogP contribution in [0.5, 0.6) is 0 Å². The average Bonchev–Trinajstić information content (AvgIpc) is 2.47. The standard InChI is InChI=1S/C16H21N5/c1-21-9-5-8-13(11-21)18-15-10-14(17)19-16(20-15)12-6-3-2-4-7-12/h2-4,6-7,10,13H,5,8-9,11H2,1H3,(H3,17,18,19,20). The number of likely N-dealkylation sites (N-methyl/N-ethyl adjacent to an activating group) is 1. The molecular weight excluding hydrogens is 262 g/mol. The van der Waals surface area contributed by atoms with E-state index < -0.39 is 0 Å². The van der Waals surface area contributed by atoms with Crippen molar-refractivity contribution in [3.63, 3.8) is 0 Å². The number of nitrogen functional groups attached to an aromatic ring is 1. The van der Waals surface area contributed by atoms with E-state index >= 15 is 0 Å². The third-order valence-corrected chi connectivity index (χ3v) is 3.75. The molecule has 0 bridgehead atoms. The van der Waals surface area contributed by atoms with Crippen molar-refractivity contribution < 1.29 is 0 Å². The summed E-state index contributed by atoms with van der Waals surface area (Å²) in [7, 11) is 2.15. The Labute approximate surface area is 125 Å². The number of likely N-dealkylation sites (tertiary alicyclic amines) is 1. The van der Waals surface area contributed by atoms with E-state index in [1.807, 2.05) is 30.3 Å². The van der Waals surface area contributed by atoms with Gasteiger partial charge in [0.25, 0.3) is 0 Å². The van der Waals surface area contributed by atoms with Gasteiger partial charge in [0.2, 0.25) is 0 Å². The second-order valence-electron chi connectivity index (χ2n) is 5.61. The number of aromatic nitrogens is 2. The highest BCUT2D eigenvalue weighted by Crippen LogP contribution is 2.20. The minimum absolute atomic E-state index is 0.418. The summed E-state index contributed by atoms with van der Waals surface area (Å²) >= 11 is 0. The smallest absolute Gasteiger partial charge is 0.163 e. The van der Waals surface area contributed by atoms with Crippen LogP contribution < -0.4 is 11.1 Å². The average molecular weight is 283 g/mol. The van der Waals surface area contributed by atoms with Gasteiger partial charge in [0, 0.05) is 24.2 Å². The minimum atomic E-state index is 0.418. The first-order valence-corrected chi connectivity index (χ1v) is 7.36. The monoisotopic (exact) mass is 283 g/mol. The van der Waals surface area contributed by atoms with Crippen molar-refractivity contribution in [3.05, 3.63) is 36.4 Å². The molecule has 1 aliphatic rings. The maximum Gasteiger partial charge on any atom is 0.163 e. The van der Waals surface area contributed by atoms with E-state index in [1.165, 1.54) is 13.0 Å². The van der Waals surface area contributed by atoms with Crippen molar-refractivity contribution in [1.82, 2.24) is 14.9 Å². The van der Waals surface area contributed by atoms with Crippen molar-refractivity contribution in [2.45, 2.75) is 18.9 Å². The first kappa shape index (κ1) is 13.8. The molecule has 1 saturated heterocycles. The number of benzene rings is 1. The number of nitrogens with zero attached hydrogens (tertiary/aromatic N) is 3. The van der Waals surface area contributed by atoms with Crippen LogP contribution in [0.4, 0.5) is 11.6 Å². The lowest BCUT2D eigenvalue weighted by molar-refractivity contribution is 0.261. The Bertz CT molecular complexity index is 599. The molecule has 21 heavy (non-hydrogen) atoms. The first-order chi connectivity index (χ1) is 10.2.